The maximum Gasteiger partial charge on any atom is 0.0897 e. The van der Waals surface area contributed by atoms with Crippen molar-refractivity contribution in [1.29, 1.82) is 0 Å². The molecule has 0 heterocycles. The lowest BCUT2D eigenvalue weighted by Crippen LogP contribution is -2.47. The number of methoxy groups -OCH3 is 1. The Balaban J connectivity index is 3.70. The largest absolute Gasteiger partial charge is 0.389 e. The highest BCUT2D eigenvalue weighted by atomic mass is 16.5. The molecule has 3 N–H and O–H groups in total. The van der Waals surface area contributed by atoms with Crippen LogP contribution in [-0.4, -0.2) is 87.0 Å². The molecule has 0 aromatic rings. The van der Waals surface area contributed by atoms with Crippen molar-refractivity contribution in [3.8, 4) is 0 Å². The summed E-state index contributed by atoms with van der Waals surface area (Å²) in [5.74, 6) is 0. The number of hydrogen-bond donors (Lipinski definition) is 3. The first kappa shape index (κ1) is 18.8. The molecule has 0 aliphatic carbocycles. The van der Waals surface area contributed by atoms with Crippen molar-refractivity contribution in [3.63, 3.8) is 0 Å². The minimum Gasteiger partial charge on any atom is -0.389 e. The number of likely N-dealkylation sites (N-methyl/N-ethyl adjacent to an activating group) is 1. The molecule has 3 atom stereocenters. The van der Waals surface area contributed by atoms with Crippen molar-refractivity contribution in [2.75, 3.05) is 54.1 Å². The number of nitrogens with zero attached hydrogens (tertiary/aromatic N) is 1. The van der Waals surface area contributed by atoms with Gasteiger partial charge in [-0.1, -0.05) is 0 Å². The van der Waals surface area contributed by atoms with Crippen molar-refractivity contribution in [1.82, 2.24) is 10.2 Å². The Morgan fingerprint density at radius 3 is 2.47 bits per heavy atom. The summed E-state index contributed by atoms with van der Waals surface area (Å²) in [6.07, 6.45) is -0.619. The van der Waals surface area contributed by atoms with Crippen LogP contribution in [0.2, 0.25) is 0 Å². The Kier molecular flexibility index (Phi) is 9.51. The van der Waals surface area contributed by atoms with E-state index < -0.39 is 11.7 Å². The Bertz CT molecular complexity index is 225. The van der Waals surface area contributed by atoms with Gasteiger partial charge in [0, 0.05) is 26.7 Å². The first-order chi connectivity index (χ1) is 8.76. The van der Waals surface area contributed by atoms with Crippen molar-refractivity contribution in [2.45, 2.75) is 31.7 Å². The maximum absolute atomic E-state index is 10.1. The topological polar surface area (TPSA) is 74.2 Å². The average molecular weight is 278 g/mol. The van der Waals surface area contributed by atoms with Gasteiger partial charge < -0.3 is 29.9 Å². The molecule has 0 rings (SSSR count). The van der Waals surface area contributed by atoms with Crippen LogP contribution in [0, 0.1) is 0 Å². The SMILES string of the molecule is COCC(C)OCC(O)CNCC(C)(O)CN(C)C. The van der Waals surface area contributed by atoms with Crippen LogP contribution in [0.25, 0.3) is 0 Å². The summed E-state index contributed by atoms with van der Waals surface area (Å²) in [4.78, 5) is 1.92. The van der Waals surface area contributed by atoms with E-state index in [0.717, 1.165) is 0 Å². The van der Waals surface area contributed by atoms with Crippen LogP contribution < -0.4 is 5.32 Å². The first-order valence-corrected chi connectivity index (χ1v) is 6.63. The third-order valence-corrected chi connectivity index (χ3v) is 2.52. The van der Waals surface area contributed by atoms with E-state index in [0.29, 0.717) is 26.2 Å². The molecule has 0 radical (unpaired) electrons. The van der Waals surface area contributed by atoms with Crippen molar-refractivity contribution >= 4 is 0 Å². The molecule has 0 aromatic carbocycles. The van der Waals surface area contributed by atoms with E-state index in [1.54, 1.807) is 14.0 Å². The van der Waals surface area contributed by atoms with Crippen LogP contribution >= 0.6 is 0 Å². The van der Waals surface area contributed by atoms with Crippen LogP contribution in [-0.2, 0) is 9.47 Å². The minimum absolute atomic E-state index is 0.0310. The normalized spacial score (nSPS) is 18.3. The maximum atomic E-state index is 10.1. The zero-order chi connectivity index (χ0) is 14.9. The quantitative estimate of drug-likeness (QED) is 0.464. The summed E-state index contributed by atoms with van der Waals surface area (Å²) in [5, 5.41) is 22.8. The third kappa shape index (κ3) is 11.3. The van der Waals surface area contributed by atoms with Gasteiger partial charge in [-0.3, -0.25) is 0 Å². The van der Waals surface area contributed by atoms with Gasteiger partial charge in [-0.25, -0.2) is 0 Å². The summed E-state index contributed by atoms with van der Waals surface area (Å²) < 4.78 is 10.3. The Hall–Kier alpha value is -0.240. The number of rotatable bonds is 11. The molecule has 0 aliphatic rings. The number of hydrogen-bond acceptors (Lipinski definition) is 6. The molecule has 0 amide bonds. The predicted octanol–water partition coefficient (Wildman–Crippen LogP) is -0.699. The summed E-state index contributed by atoms with van der Waals surface area (Å²) >= 11 is 0. The molecule has 0 aliphatic heterocycles. The van der Waals surface area contributed by atoms with Crippen LogP contribution in [0.5, 0.6) is 0 Å². The molecule has 19 heavy (non-hydrogen) atoms. The van der Waals surface area contributed by atoms with Crippen molar-refractivity contribution in [2.24, 2.45) is 0 Å². The van der Waals surface area contributed by atoms with Gasteiger partial charge in [0.2, 0.25) is 0 Å². The number of aliphatic hydroxyl groups excluding tert-OH is 1. The van der Waals surface area contributed by atoms with E-state index in [9.17, 15) is 10.2 Å². The zero-order valence-electron chi connectivity index (χ0n) is 12.8. The zero-order valence-corrected chi connectivity index (χ0v) is 12.8. The van der Waals surface area contributed by atoms with Crippen LogP contribution in [0.1, 0.15) is 13.8 Å². The fourth-order valence-corrected chi connectivity index (χ4v) is 1.86. The van der Waals surface area contributed by atoms with E-state index in [1.807, 2.05) is 25.9 Å². The smallest absolute Gasteiger partial charge is 0.0897 e. The highest BCUT2D eigenvalue weighted by molar-refractivity contribution is 4.78. The third-order valence-electron chi connectivity index (χ3n) is 2.52. The van der Waals surface area contributed by atoms with Crippen LogP contribution in [0.4, 0.5) is 0 Å². The second-order valence-corrected chi connectivity index (χ2v) is 5.62. The molecule has 6 heteroatoms. The van der Waals surface area contributed by atoms with E-state index in [4.69, 9.17) is 9.47 Å². The highest BCUT2D eigenvalue weighted by Gasteiger charge is 2.21. The summed E-state index contributed by atoms with van der Waals surface area (Å²) in [5.41, 5.74) is -0.812. The minimum atomic E-state index is -0.812. The number of aliphatic hydroxyl groups is 2. The second-order valence-electron chi connectivity index (χ2n) is 5.62. The molecule has 0 spiro atoms. The lowest BCUT2D eigenvalue weighted by Gasteiger charge is -2.27. The predicted molar refractivity (Wildman–Crippen MR) is 75.3 cm³/mol. The Morgan fingerprint density at radius 1 is 1.32 bits per heavy atom. The van der Waals surface area contributed by atoms with Gasteiger partial charge in [0.25, 0.3) is 0 Å². The molecule has 3 unspecified atom stereocenters. The number of ether oxygens (including phenoxy) is 2. The Labute approximate surface area is 116 Å². The van der Waals surface area contributed by atoms with Gasteiger partial charge in [0.1, 0.15) is 0 Å². The Morgan fingerprint density at radius 2 is 1.95 bits per heavy atom. The van der Waals surface area contributed by atoms with Gasteiger partial charge in [0.15, 0.2) is 0 Å². The fraction of sp³-hybridized carbons (Fsp3) is 1.00. The van der Waals surface area contributed by atoms with Crippen molar-refractivity contribution < 1.29 is 19.7 Å². The standard InChI is InChI=1S/C13H30N2O4/c1-11(7-18-5)19-8-12(16)6-14-9-13(2,17)10-15(3)4/h11-12,14,16-17H,6-10H2,1-5H3. The second kappa shape index (κ2) is 9.63. The van der Waals surface area contributed by atoms with Gasteiger partial charge in [-0.15, -0.1) is 0 Å². The molecule has 6 nitrogen and oxygen atoms in total. The molecule has 0 aromatic heterocycles. The van der Waals surface area contributed by atoms with Gasteiger partial charge in [-0.2, -0.15) is 0 Å². The van der Waals surface area contributed by atoms with Gasteiger partial charge in [0.05, 0.1) is 31.0 Å². The molecule has 0 saturated heterocycles. The van der Waals surface area contributed by atoms with Crippen molar-refractivity contribution in [3.05, 3.63) is 0 Å². The van der Waals surface area contributed by atoms with Crippen LogP contribution in [0.3, 0.4) is 0 Å². The monoisotopic (exact) mass is 278 g/mol. The van der Waals surface area contributed by atoms with Gasteiger partial charge in [-0.05, 0) is 27.9 Å². The van der Waals surface area contributed by atoms with E-state index in [2.05, 4.69) is 5.32 Å². The lowest BCUT2D eigenvalue weighted by atomic mass is 10.1. The molecular weight excluding hydrogens is 248 g/mol. The number of nitrogens with one attached hydrogen (secondary N) is 1. The van der Waals surface area contributed by atoms with Crippen LogP contribution in [0.15, 0.2) is 0 Å². The lowest BCUT2D eigenvalue weighted by molar-refractivity contribution is -0.0330. The van der Waals surface area contributed by atoms with E-state index in [1.165, 1.54) is 0 Å². The molecular formula is C13H30N2O4. The van der Waals surface area contributed by atoms with Gasteiger partial charge >= 0.3 is 0 Å². The van der Waals surface area contributed by atoms with E-state index >= 15 is 0 Å². The average Bonchev–Trinajstić information content (AvgIpc) is 2.24. The molecule has 0 fully saturated rings. The summed E-state index contributed by atoms with van der Waals surface area (Å²) in [6.45, 7) is 5.82. The van der Waals surface area contributed by atoms with E-state index in [-0.39, 0.29) is 12.7 Å². The first-order valence-electron chi connectivity index (χ1n) is 6.63. The molecule has 0 bridgehead atoms. The summed E-state index contributed by atoms with van der Waals surface area (Å²) in [6, 6.07) is 0. The molecule has 116 valence electrons. The fourth-order valence-electron chi connectivity index (χ4n) is 1.86. The summed E-state index contributed by atoms with van der Waals surface area (Å²) in [7, 11) is 5.44. The highest BCUT2D eigenvalue weighted by Crippen LogP contribution is 2.02. The molecule has 0 saturated carbocycles.